The van der Waals surface area contributed by atoms with Crippen molar-refractivity contribution in [2.45, 2.75) is 20.3 Å². The molecule has 2 N–H and O–H groups in total. The van der Waals surface area contributed by atoms with E-state index < -0.39 is 0 Å². The fourth-order valence-corrected chi connectivity index (χ4v) is 2.41. The Hall–Kier alpha value is -1.53. The summed E-state index contributed by atoms with van der Waals surface area (Å²) in [6.07, 6.45) is 1.78. The quantitative estimate of drug-likeness (QED) is 0.488. The molecule has 2 aromatic rings. The molecule has 0 spiro atoms. The van der Waals surface area contributed by atoms with Crippen molar-refractivity contribution in [3.8, 4) is 0 Å². The van der Waals surface area contributed by atoms with Crippen LogP contribution in [0.3, 0.4) is 0 Å². The highest BCUT2D eigenvalue weighted by molar-refractivity contribution is 7.18. The first-order chi connectivity index (χ1) is 7.65. The lowest BCUT2D eigenvalue weighted by molar-refractivity contribution is -0.118. The minimum absolute atomic E-state index is 0.161. The third-order valence-electron chi connectivity index (χ3n) is 2.31. The molecule has 0 aromatic carbocycles. The third-order valence-corrected chi connectivity index (χ3v) is 3.39. The fourth-order valence-electron chi connectivity index (χ4n) is 1.42. The van der Waals surface area contributed by atoms with E-state index in [0.29, 0.717) is 12.2 Å². The second-order valence-corrected chi connectivity index (χ2v) is 4.29. The summed E-state index contributed by atoms with van der Waals surface area (Å²) in [6, 6.07) is 0. The molecule has 16 heavy (non-hydrogen) atoms. The molecule has 2 rings (SSSR count). The Morgan fingerprint density at radius 3 is 3.00 bits per heavy atom. The first-order valence-electron chi connectivity index (χ1n) is 4.91. The molecular weight excluding hydrogens is 224 g/mol. The third kappa shape index (κ3) is 1.66. The van der Waals surface area contributed by atoms with E-state index in [9.17, 15) is 4.79 Å². The zero-order chi connectivity index (χ0) is 11.7. The lowest BCUT2D eigenvalue weighted by Gasteiger charge is -2.14. The van der Waals surface area contributed by atoms with Crippen LogP contribution in [0.2, 0.25) is 0 Å². The van der Waals surface area contributed by atoms with E-state index in [1.165, 1.54) is 17.7 Å². The number of nitrogens with zero attached hydrogens (tertiary/aromatic N) is 3. The standard InChI is InChI=1S/C10H12N4OS/c1-3-7(15)14(11)10-9-8(12-5-13-10)6(2)4-16-9/h4-5H,3,11H2,1-2H3. The Kier molecular flexibility index (Phi) is 2.84. The topological polar surface area (TPSA) is 72.1 Å². The lowest BCUT2D eigenvalue weighted by Crippen LogP contribution is -2.37. The maximum absolute atomic E-state index is 11.5. The van der Waals surface area contributed by atoms with Crippen molar-refractivity contribution in [3.63, 3.8) is 0 Å². The van der Waals surface area contributed by atoms with Crippen molar-refractivity contribution >= 4 is 33.3 Å². The monoisotopic (exact) mass is 236 g/mol. The molecule has 0 aliphatic heterocycles. The molecule has 6 heteroatoms. The number of carbonyl (C=O) groups is 1. The maximum Gasteiger partial charge on any atom is 0.242 e. The van der Waals surface area contributed by atoms with Crippen molar-refractivity contribution in [2.75, 3.05) is 5.01 Å². The van der Waals surface area contributed by atoms with Gasteiger partial charge in [-0.05, 0) is 17.9 Å². The Morgan fingerprint density at radius 1 is 1.56 bits per heavy atom. The average molecular weight is 236 g/mol. The number of hydrogen-bond donors (Lipinski definition) is 1. The number of carbonyl (C=O) groups excluding carboxylic acids is 1. The molecule has 0 fully saturated rings. The Balaban J connectivity index is 2.56. The highest BCUT2D eigenvalue weighted by atomic mass is 32.1. The van der Waals surface area contributed by atoms with Crippen LogP contribution in [0.4, 0.5) is 5.82 Å². The minimum Gasteiger partial charge on any atom is -0.273 e. The van der Waals surface area contributed by atoms with E-state index in [2.05, 4.69) is 9.97 Å². The van der Waals surface area contributed by atoms with Crippen LogP contribution in [0, 0.1) is 6.92 Å². The molecule has 0 saturated heterocycles. The molecule has 0 aliphatic rings. The van der Waals surface area contributed by atoms with Gasteiger partial charge in [0.05, 0.1) is 10.2 Å². The lowest BCUT2D eigenvalue weighted by atomic mass is 10.3. The molecule has 0 atom stereocenters. The van der Waals surface area contributed by atoms with Crippen LogP contribution in [-0.2, 0) is 4.79 Å². The summed E-state index contributed by atoms with van der Waals surface area (Å²) in [7, 11) is 0. The predicted octanol–water partition coefficient (Wildman–Crippen LogP) is 1.62. The predicted molar refractivity (Wildman–Crippen MR) is 64.1 cm³/mol. The Labute approximate surface area is 96.9 Å². The highest BCUT2D eigenvalue weighted by Gasteiger charge is 2.16. The zero-order valence-electron chi connectivity index (χ0n) is 9.10. The molecule has 5 nitrogen and oxygen atoms in total. The first kappa shape index (κ1) is 11.0. The van der Waals surface area contributed by atoms with Crippen LogP contribution in [0.5, 0.6) is 0 Å². The van der Waals surface area contributed by atoms with Gasteiger partial charge in [-0.25, -0.2) is 20.8 Å². The number of rotatable bonds is 2. The van der Waals surface area contributed by atoms with E-state index in [4.69, 9.17) is 5.84 Å². The van der Waals surface area contributed by atoms with Gasteiger partial charge in [-0.1, -0.05) is 6.92 Å². The summed E-state index contributed by atoms with van der Waals surface area (Å²) in [5.74, 6) is 6.04. The number of aryl methyl sites for hydroxylation is 1. The number of anilines is 1. The largest absolute Gasteiger partial charge is 0.273 e. The van der Waals surface area contributed by atoms with E-state index in [0.717, 1.165) is 20.8 Å². The summed E-state index contributed by atoms with van der Waals surface area (Å²) < 4.78 is 0.851. The number of hydrogen-bond acceptors (Lipinski definition) is 5. The second-order valence-electron chi connectivity index (χ2n) is 3.41. The average Bonchev–Trinajstić information content (AvgIpc) is 2.69. The van der Waals surface area contributed by atoms with Gasteiger partial charge in [-0.3, -0.25) is 4.79 Å². The van der Waals surface area contributed by atoms with Gasteiger partial charge in [0, 0.05) is 6.42 Å². The molecule has 0 radical (unpaired) electrons. The molecule has 0 saturated carbocycles. The normalized spacial score (nSPS) is 10.7. The Bertz CT molecular complexity index is 537. The number of aromatic nitrogens is 2. The van der Waals surface area contributed by atoms with Crippen molar-refractivity contribution in [2.24, 2.45) is 5.84 Å². The van der Waals surface area contributed by atoms with E-state index in [1.807, 2.05) is 12.3 Å². The Morgan fingerprint density at radius 2 is 2.31 bits per heavy atom. The molecule has 1 amide bonds. The maximum atomic E-state index is 11.5. The van der Waals surface area contributed by atoms with Gasteiger partial charge in [0.1, 0.15) is 6.33 Å². The summed E-state index contributed by atoms with van der Waals surface area (Å²) in [4.78, 5) is 19.8. The summed E-state index contributed by atoms with van der Waals surface area (Å²) in [5, 5.41) is 3.08. The second kappa shape index (κ2) is 4.15. The van der Waals surface area contributed by atoms with Gasteiger partial charge in [0.2, 0.25) is 5.91 Å². The van der Waals surface area contributed by atoms with Crippen LogP contribution in [0.1, 0.15) is 18.9 Å². The van der Waals surface area contributed by atoms with Crippen LogP contribution in [-0.4, -0.2) is 15.9 Å². The number of amides is 1. The smallest absolute Gasteiger partial charge is 0.242 e. The molecule has 84 valence electrons. The van der Waals surface area contributed by atoms with Crippen LogP contribution in [0.25, 0.3) is 10.2 Å². The van der Waals surface area contributed by atoms with E-state index in [1.54, 1.807) is 6.92 Å². The van der Waals surface area contributed by atoms with Crippen molar-refractivity contribution < 1.29 is 4.79 Å². The van der Waals surface area contributed by atoms with Gasteiger partial charge in [0.15, 0.2) is 5.82 Å². The molecule has 0 unspecified atom stereocenters. The van der Waals surface area contributed by atoms with Gasteiger partial charge in [0.25, 0.3) is 0 Å². The number of thiophene rings is 1. The fraction of sp³-hybridized carbons (Fsp3) is 0.300. The zero-order valence-corrected chi connectivity index (χ0v) is 9.91. The summed E-state index contributed by atoms with van der Waals surface area (Å²) >= 11 is 1.50. The van der Waals surface area contributed by atoms with Gasteiger partial charge in [-0.15, -0.1) is 11.3 Å². The van der Waals surface area contributed by atoms with Crippen molar-refractivity contribution in [3.05, 3.63) is 17.3 Å². The van der Waals surface area contributed by atoms with Crippen LogP contribution < -0.4 is 10.9 Å². The molecule has 2 heterocycles. The first-order valence-corrected chi connectivity index (χ1v) is 5.79. The van der Waals surface area contributed by atoms with Crippen molar-refractivity contribution in [1.29, 1.82) is 0 Å². The molecule has 2 aromatic heterocycles. The molecule has 0 bridgehead atoms. The summed E-state index contributed by atoms with van der Waals surface area (Å²) in [5.41, 5.74) is 1.93. The number of fused-ring (bicyclic) bond motifs is 1. The SMILES string of the molecule is CCC(=O)N(N)c1ncnc2c(C)csc12. The molecule has 0 aliphatic carbocycles. The summed E-state index contributed by atoms with van der Waals surface area (Å²) in [6.45, 7) is 3.73. The number of hydrazine groups is 1. The van der Waals surface area contributed by atoms with Crippen molar-refractivity contribution in [1.82, 2.24) is 9.97 Å². The van der Waals surface area contributed by atoms with E-state index >= 15 is 0 Å². The minimum atomic E-state index is -0.161. The van der Waals surface area contributed by atoms with Gasteiger partial charge < -0.3 is 0 Å². The van der Waals surface area contributed by atoms with E-state index in [-0.39, 0.29) is 5.91 Å². The van der Waals surface area contributed by atoms with Crippen LogP contribution in [0.15, 0.2) is 11.7 Å². The highest BCUT2D eigenvalue weighted by Crippen LogP contribution is 2.29. The van der Waals surface area contributed by atoms with Crippen LogP contribution >= 0.6 is 11.3 Å². The van der Waals surface area contributed by atoms with Gasteiger partial charge in [-0.2, -0.15) is 0 Å². The number of nitrogens with two attached hydrogens (primary N) is 1. The van der Waals surface area contributed by atoms with Gasteiger partial charge >= 0.3 is 0 Å². The molecular formula is C10H12N4OS.